The minimum atomic E-state index is -0.0653. The summed E-state index contributed by atoms with van der Waals surface area (Å²) in [6.07, 6.45) is 2.22. The molecule has 7 aliphatic rings. The number of aromatic nitrogens is 3. The molecular formula is C117H78B3N7O. The first-order valence-electron chi connectivity index (χ1n) is 44.6. The first-order chi connectivity index (χ1) is 63.4. The van der Waals surface area contributed by atoms with E-state index >= 15 is 0 Å². The van der Waals surface area contributed by atoms with Gasteiger partial charge in [-0.15, -0.1) is 0 Å². The van der Waals surface area contributed by atoms with E-state index in [-0.39, 0.29) is 25.6 Å². The fourth-order valence-corrected chi connectivity index (χ4v) is 23.3. The van der Waals surface area contributed by atoms with Crippen molar-refractivity contribution < 1.29 is 4.42 Å². The Labute approximate surface area is 742 Å². The van der Waals surface area contributed by atoms with Gasteiger partial charge in [0.2, 0.25) is 0 Å². The molecule has 0 radical (unpaired) electrons. The van der Waals surface area contributed by atoms with E-state index in [4.69, 9.17) is 4.42 Å². The van der Waals surface area contributed by atoms with Crippen LogP contribution < -0.4 is 68.8 Å². The van der Waals surface area contributed by atoms with Crippen LogP contribution in [0.5, 0.6) is 0 Å². The summed E-state index contributed by atoms with van der Waals surface area (Å²) in [7, 11) is 0. The Morgan fingerprint density at radius 2 is 0.711 bits per heavy atom. The highest BCUT2D eigenvalue weighted by Gasteiger charge is 2.50. The zero-order chi connectivity index (χ0) is 84.1. The Bertz CT molecular complexity index is 8290. The van der Waals surface area contributed by atoms with Gasteiger partial charge in [-0.1, -0.05) is 305 Å². The molecule has 8 nitrogen and oxygen atoms in total. The van der Waals surface area contributed by atoms with Crippen LogP contribution in [0.4, 0.5) is 68.2 Å². The van der Waals surface area contributed by atoms with Gasteiger partial charge in [0.05, 0.1) is 27.9 Å². The number of furan rings is 1. The van der Waals surface area contributed by atoms with Crippen LogP contribution in [-0.2, 0) is 5.41 Å². The number of hydrogen-bond acceptors (Lipinski definition) is 5. The number of rotatable bonds is 8. The Morgan fingerprint density at radius 1 is 0.281 bits per heavy atom. The van der Waals surface area contributed by atoms with Gasteiger partial charge in [0.15, 0.2) is 0 Å². The molecule has 0 saturated carbocycles. The van der Waals surface area contributed by atoms with E-state index in [1.54, 1.807) is 0 Å². The number of hydrogen-bond donors (Lipinski definition) is 0. The van der Waals surface area contributed by atoms with Crippen LogP contribution in [0.25, 0.3) is 105 Å². The molecule has 0 spiro atoms. The van der Waals surface area contributed by atoms with Crippen LogP contribution in [0.3, 0.4) is 0 Å². The highest BCUT2D eigenvalue weighted by atomic mass is 16.3. The van der Waals surface area contributed by atoms with Crippen molar-refractivity contribution in [3.8, 4) is 50.7 Å². The average Bonchev–Trinajstić information content (AvgIpc) is 1.48. The molecule has 6 aliphatic heterocycles. The molecule has 22 aromatic rings. The predicted octanol–water partition coefficient (Wildman–Crippen LogP) is 23.7. The maximum absolute atomic E-state index is 6.80. The fourth-order valence-electron chi connectivity index (χ4n) is 23.3. The quantitative estimate of drug-likeness (QED) is 0.142. The number of benzene rings is 18. The Kier molecular flexibility index (Phi) is 15.7. The van der Waals surface area contributed by atoms with Gasteiger partial charge in [0.25, 0.3) is 20.1 Å². The summed E-state index contributed by atoms with van der Waals surface area (Å²) in [5, 5.41) is 6.22. The summed E-state index contributed by atoms with van der Waals surface area (Å²) in [4.78, 5) is 9.73. The molecule has 0 N–H and O–H groups in total. The zero-order valence-electron chi connectivity index (χ0n) is 70.3. The molecule has 0 amide bonds. The second-order valence-electron chi connectivity index (χ2n) is 35.2. The van der Waals surface area contributed by atoms with Crippen molar-refractivity contribution >= 4 is 192 Å². The third-order valence-electron chi connectivity index (χ3n) is 28.3. The third kappa shape index (κ3) is 10.3. The highest BCUT2D eigenvalue weighted by Crippen LogP contribution is 2.56. The second kappa shape index (κ2) is 27.9. The lowest BCUT2D eigenvalue weighted by Crippen LogP contribution is -2.60. The smallest absolute Gasteiger partial charge is 0.257 e. The maximum atomic E-state index is 6.80. The lowest BCUT2D eigenvalue weighted by molar-refractivity contribution is 0.666. The molecule has 18 aromatic carbocycles. The molecule has 596 valence electrons. The van der Waals surface area contributed by atoms with Crippen molar-refractivity contribution in [3.63, 3.8) is 0 Å². The number of fused-ring (bicyclic) bond motifs is 24. The number of anilines is 12. The molecular weight excluding hydrogens is 1550 g/mol. The van der Waals surface area contributed by atoms with Crippen molar-refractivity contribution in [3.05, 3.63) is 448 Å². The summed E-state index contributed by atoms with van der Waals surface area (Å²) in [5.74, 6) is 0. The van der Waals surface area contributed by atoms with Gasteiger partial charge in [0, 0.05) is 130 Å². The molecule has 29 rings (SSSR count). The standard InChI is InChI=1S/C44H28BN3O.C38H25BN2.C35H25BN2/c1-4-12-30(13-5-1)47(31-14-6-2-7-15-31)33-21-23-36-39(28-33)48(32-16-8-3-9-17-32)38-24-20-29-26-27-46-37-25-22-35-34-18-10-11-19-40(34)49-44(35)42(37)45(36)41(38)43(29)46;1-4-14-26(15-5-1)35-29-24-25-34-36-38(29)41(37(35)27-16-6-2-7-17-27)33-23-13-11-21-31(33)39(36)30-20-10-12-22-32(30)40(34)28-18-8-3-9-19-28;1-35(2)25-15-7-6-14-23(25)33-31(35)24-20-21-30-32-34(24)38(33)29-19-11-9-17-27(29)36(32)26-16-8-10-18-28(26)37(30)22-12-4-3-5-13-22/h1-28H;1-25H;3-21H,1-2H3. The molecule has 0 fully saturated rings. The van der Waals surface area contributed by atoms with E-state index in [0.29, 0.717) is 0 Å². The zero-order valence-corrected chi connectivity index (χ0v) is 70.3. The first-order valence-corrected chi connectivity index (χ1v) is 44.6. The van der Waals surface area contributed by atoms with Gasteiger partial charge in [-0.2, -0.15) is 0 Å². The van der Waals surface area contributed by atoms with Crippen molar-refractivity contribution in [2.75, 3.05) is 19.6 Å². The number of nitrogens with zero attached hydrogens (tertiary/aromatic N) is 7. The van der Waals surface area contributed by atoms with Gasteiger partial charge in [-0.25, -0.2) is 0 Å². The Balaban J connectivity index is 0.000000100. The van der Waals surface area contributed by atoms with Crippen molar-refractivity contribution in [2.24, 2.45) is 0 Å². The summed E-state index contributed by atoms with van der Waals surface area (Å²) in [6, 6.07) is 157. The second-order valence-corrected chi connectivity index (χ2v) is 35.2. The van der Waals surface area contributed by atoms with Crippen LogP contribution >= 0.6 is 0 Å². The molecule has 0 unspecified atom stereocenters. The van der Waals surface area contributed by atoms with Crippen molar-refractivity contribution in [1.82, 2.24) is 13.7 Å². The summed E-state index contributed by atoms with van der Waals surface area (Å²) in [5.41, 5.74) is 46.4. The SMILES string of the molecule is CC1(C)c2ccccc2-c2c1c1ccc3c4c1n2-c1ccccc1B4c1ccccc1N3c1ccccc1.c1ccc(-c2c(-c3ccccc3)n3c4c5c(ccc24)N(c2ccccc2)c2ccccc2B5c2ccccc2-3)cc1.c1ccc(N(c2ccccc2)c2ccc3c(c2)N(c2ccccc2)c2ccc4ccn5c4c2B3c2c-5ccc3c2oc2ccccc23)cc1. The topological polar surface area (TPSA) is 40.9 Å². The largest absolute Gasteiger partial charge is 0.457 e. The molecule has 0 saturated heterocycles. The van der Waals surface area contributed by atoms with E-state index in [1.165, 1.54) is 184 Å². The normalized spacial score (nSPS) is 13.5. The highest BCUT2D eigenvalue weighted by molar-refractivity contribution is 7.02. The molecule has 10 heterocycles. The molecule has 128 heavy (non-hydrogen) atoms. The van der Waals surface area contributed by atoms with E-state index < -0.39 is 0 Å². The van der Waals surface area contributed by atoms with Gasteiger partial charge >= 0.3 is 0 Å². The third-order valence-corrected chi connectivity index (χ3v) is 28.3. The summed E-state index contributed by atoms with van der Waals surface area (Å²) in [6.45, 7) is 5.12. The van der Waals surface area contributed by atoms with Crippen LogP contribution in [-0.4, -0.2) is 33.8 Å². The van der Waals surface area contributed by atoms with Gasteiger partial charge < -0.3 is 37.7 Å². The summed E-state index contributed by atoms with van der Waals surface area (Å²) >= 11 is 0. The minimum absolute atomic E-state index is 0.0220. The average molecular weight is 1630 g/mol. The maximum Gasteiger partial charge on any atom is 0.257 e. The monoisotopic (exact) mass is 1630 g/mol. The first kappa shape index (κ1) is 72.3. The van der Waals surface area contributed by atoms with E-state index in [0.717, 1.165) is 50.4 Å². The van der Waals surface area contributed by atoms with Crippen LogP contribution in [0.1, 0.15) is 25.0 Å². The van der Waals surface area contributed by atoms with Gasteiger partial charge in [-0.3, -0.25) is 0 Å². The Hall–Kier alpha value is -16.2. The molecule has 0 atom stereocenters. The molecule has 1 aliphatic carbocycles. The van der Waals surface area contributed by atoms with Crippen LogP contribution in [0.15, 0.2) is 441 Å². The van der Waals surface area contributed by atoms with Crippen LogP contribution in [0.2, 0.25) is 0 Å². The molecule has 4 aromatic heterocycles. The van der Waals surface area contributed by atoms with Crippen molar-refractivity contribution in [2.45, 2.75) is 19.3 Å². The van der Waals surface area contributed by atoms with E-state index in [2.05, 4.69) is 484 Å². The van der Waals surface area contributed by atoms with Crippen molar-refractivity contribution in [1.29, 1.82) is 0 Å². The summed E-state index contributed by atoms with van der Waals surface area (Å²) < 4.78 is 14.3. The van der Waals surface area contributed by atoms with E-state index in [1.807, 2.05) is 0 Å². The number of para-hydroxylation sites is 10. The van der Waals surface area contributed by atoms with Crippen LogP contribution in [0, 0.1) is 0 Å². The lowest BCUT2D eigenvalue weighted by Gasteiger charge is -2.40. The lowest BCUT2D eigenvalue weighted by atomic mass is 9.33. The predicted molar refractivity (Wildman–Crippen MR) is 538 cm³/mol. The Morgan fingerprint density at radius 3 is 1.30 bits per heavy atom. The van der Waals surface area contributed by atoms with Gasteiger partial charge in [0.1, 0.15) is 11.2 Å². The fraction of sp³-hybridized carbons (Fsp3) is 0.0256. The molecule has 0 bridgehead atoms. The van der Waals surface area contributed by atoms with E-state index in [9.17, 15) is 0 Å². The minimum Gasteiger partial charge on any atom is -0.457 e. The molecule has 11 heteroatoms. The van der Waals surface area contributed by atoms with Gasteiger partial charge in [-0.05, 0) is 216 Å².